The number of hydrogen-bond donors (Lipinski definition) is 2. The minimum atomic E-state index is -0.953. The number of likely N-dealkylation sites (N-methyl/N-ethyl adjacent to an activating group) is 1. The molecule has 0 aliphatic carbocycles. The Kier molecular flexibility index (Phi) is 5.76. The van der Waals surface area contributed by atoms with Crippen LogP contribution < -0.4 is 5.32 Å². The number of pyridine rings is 1. The summed E-state index contributed by atoms with van der Waals surface area (Å²) < 4.78 is 0. The zero-order chi connectivity index (χ0) is 14.4. The van der Waals surface area contributed by atoms with E-state index in [0.717, 1.165) is 18.7 Å². The molecule has 5 heteroatoms. The highest BCUT2D eigenvalue weighted by Gasteiger charge is 2.11. The lowest BCUT2D eigenvalue weighted by molar-refractivity contribution is 0.0697. The van der Waals surface area contributed by atoms with Crippen LogP contribution in [0.3, 0.4) is 0 Å². The van der Waals surface area contributed by atoms with Gasteiger partial charge in [0.2, 0.25) is 0 Å². The number of nitrogens with zero attached hydrogens (tertiary/aromatic N) is 2. The number of hydrogen-bond acceptors (Lipinski definition) is 4. The van der Waals surface area contributed by atoms with E-state index >= 15 is 0 Å². The van der Waals surface area contributed by atoms with Crippen LogP contribution in [0.2, 0.25) is 0 Å². The van der Waals surface area contributed by atoms with E-state index in [1.807, 2.05) is 6.92 Å². The Morgan fingerprint density at radius 3 is 2.84 bits per heavy atom. The highest BCUT2D eigenvalue weighted by molar-refractivity contribution is 5.93. The van der Waals surface area contributed by atoms with Gasteiger partial charge >= 0.3 is 5.97 Å². The van der Waals surface area contributed by atoms with Gasteiger partial charge in [-0.2, -0.15) is 0 Å². The molecule has 19 heavy (non-hydrogen) atoms. The van der Waals surface area contributed by atoms with Crippen LogP contribution in [0.1, 0.15) is 36.3 Å². The molecule has 2 N–H and O–H groups in total. The zero-order valence-electron chi connectivity index (χ0n) is 12.1. The molecule has 0 aliphatic heterocycles. The van der Waals surface area contributed by atoms with Gasteiger partial charge in [0.05, 0.1) is 5.69 Å². The minimum absolute atomic E-state index is 0.219. The van der Waals surface area contributed by atoms with Crippen LogP contribution >= 0.6 is 0 Å². The predicted octanol–water partition coefficient (Wildman–Crippen LogP) is 2.23. The van der Waals surface area contributed by atoms with Crippen molar-refractivity contribution in [3.8, 4) is 0 Å². The number of anilines is 1. The number of rotatable bonds is 7. The maximum absolute atomic E-state index is 11.1. The van der Waals surface area contributed by atoms with Gasteiger partial charge in [-0.25, -0.2) is 4.79 Å². The van der Waals surface area contributed by atoms with Gasteiger partial charge in [0.15, 0.2) is 0 Å². The van der Waals surface area contributed by atoms with Crippen LogP contribution in [0.4, 0.5) is 5.69 Å². The van der Waals surface area contributed by atoms with Crippen molar-refractivity contribution in [2.75, 3.05) is 25.5 Å². The lowest BCUT2D eigenvalue weighted by Crippen LogP contribution is -2.32. The Balaban J connectivity index is 2.62. The number of carbonyl (C=O) groups is 1. The van der Waals surface area contributed by atoms with Crippen LogP contribution in [-0.2, 0) is 0 Å². The lowest BCUT2D eigenvalue weighted by atomic mass is 10.2. The second-order valence-corrected chi connectivity index (χ2v) is 4.84. The first-order chi connectivity index (χ1) is 8.95. The third-order valence-corrected chi connectivity index (χ3v) is 3.39. The van der Waals surface area contributed by atoms with Crippen molar-refractivity contribution in [2.45, 2.75) is 33.2 Å². The standard InChI is InChI=1S/C14H23N3O2/c1-5-11(3)17(4)7-6-15-13-8-10(2)16-9-12(13)14(18)19/h8-9,11H,5-7H2,1-4H3,(H,15,16)(H,18,19). The third kappa shape index (κ3) is 4.52. The van der Waals surface area contributed by atoms with Gasteiger partial charge in [0.25, 0.3) is 0 Å². The fraction of sp³-hybridized carbons (Fsp3) is 0.571. The van der Waals surface area contributed by atoms with Gasteiger partial charge in [0.1, 0.15) is 5.56 Å². The summed E-state index contributed by atoms with van der Waals surface area (Å²) in [7, 11) is 2.08. The molecule has 1 rings (SSSR count). The van der Waals surface area contributed by atoms with Gasteiger partial charge in [0, 0.05) is 31.0 Å². The number of carboxylic acid groups (broad SMARTS) is 1. The summed E-state index contributed by atoms with van der Waals surface area (Å²) in [4.78, 5) is 17.4. The quantitative estimate of drug-likeness (QED) is 0.791. The highest BCUT2D eigenvalue weighted by Crippen LogP contribution is 2.15. The molecule has 106 valence electrons. The van der Waals surface area contributed by atoms with Crippen LogP contribution in [-0.4, -0.2) is 47.1 Å². The average molecular weight is 265 g/mol. The van der Waals surface area contributed by atoms with E-state index in [1.165, 1.54) is 6.20 Å². The second-order valence-electron chi connectivity index (χ2n) is 4.84. The average Bonchev–Trinajstić information content (AvgIpc) is 2.37. The Hall–Kier alpha value is -1.62. The van der Waals surface area contributed by atoms with Crippen molar-refractivity contribution >= 4 is 11.7 Å². The Bertz CT molecular complexity index is 435. The monoisotopic (exact) mass is 265 g/mol. The van der Waals surface area contributed by atoms with Gasteiger partial charge in [-0.1, -0.05) is 6.92 Å². The normalized spacial score (nSPS) is 12.5. The Morgan fingerprint density at radius 1 is 1.58 bits per heavy atom. The molecule has 5 nitrogen and oxygen atoms in total. The molecule has 0 bridgehead atoms. The predicted molar refractivity (Wildman–Crippen MR) is 76.8 cm³/mol. The van der Waals surface area contributed by atoms with Gasteiger partial charge < -0.3 is 15.3 Å². The molecule has 0 aliphatic rings. The van der Waals surface area contributed by atoms with Crippen LogP contribution in [0.15, 0.2) is 12.3 Å². The molecule has 0 amide bonds. The summed E-state index contributed by atoms with van der Waals surface area (Å²) >= 11 is 0. The van der Waals surface area contributed by atoms with E-state index in [4.69, 9.17) is 5.11 Å². The van der Waals surface area contributed by atoms with Crippen LogP contribution in [0.25, 0.3) is 0 Å². The van der Waals surface area contributed by atoms with Crippen molar-refractivity contribution in [1.82, 2.24) is 9.88 Å². The first-order valence-electron chi connectivity index (χ1n) is 6.59. The molecule has 0 spiro atoms. The lowest BCUT2D eigenvalue weighted by Gasteiger charge is -2.23. The molecule has 1 atom stereocenters. The van der Waals surface area contributed by atoms with Gasteiger partial charge in [-0.3, -0.25) is 4.98 Å². The van der Waals surface area contributed by atoms with Crippen molar-refractivity contribution in [3.05, 3.63) is 23.5 Å². The van der Waals surface area contributed by atoms with Crippen molar-refractivity contribution in [3.63, 3.8) is 0 Å². The van der Waals surface area contributed by atoms with Gasteiger partial charge in [-0.05, 0) is 33.4 Å². The maximum atomic E-state index is 11.1. The molecule has 0 saturated heterocycles. The summed E-state index contributed by atoms with van der Waals surface area (Å²) in [6.07, 6.45) is 2.50. The zero-order valence-corrected chi connectivity index (χ0v) is 12.1. The van der Waals surface area contributed by atoms with Crippen molar-refractivity contribution in [2.24, 2.45) is 0 Å². The first kappa shape index (κ1) is 15.4. The molecule has 1 aromatic rings. The molecule has 1 unspecified atom stereocenters. The molecule has 1 aromatic heterocycles. The SMILES string of the molecule is CCC(C)N(C)CCNc1cc(C)ncc1C(=O)O. The maximum Gasteiger partial charge on any atom is 0.339 e. The fourth-order valence-corrected chi connectivity index (χ4v) is 1.78. The van der Waals surface area contributed by atoms with Crippen LogP contribution in [0, 0.1) is 6.92 Å². The molecule has 0 fully saturated rings. The molecule has 0 saturated carbocycles. The minimum Gasteiger partial charge on any atom is -0.478 e. The number of nitrogens with one attached hydrogen (secondary N) is 1. The first-order valence-corrected chi connectivity index (χ1v) is 6.59. The van der Waals surface area contributed by atoms with E-state index < -0.39 is 5.97 Å². The number of carboxylic acids is 1. The van der Waals surface area contributed by atoms with Gasteiger partial charge in [-0.15, -0.1) is 0 Å². The largest absolute Gasteiger partial charge is 0.478 e. The van der Waals surface area contributed by atoms with E-state index in [1.54, 1.807) is 6.07 Å². The highest BCUT2D eigenvalue weighted by atomic mass is 16.4. The smallest absolute Gasteiger partial charge is 0.339 e. The molecule has 0 aromatic carbocycles. The van der Waals surface area contributed by atoms with E-state index in [9.17, 15) is 4.79 Å². The topological polar surface area (TPSA) is 65.5 Å². The summed E-state index contributed by atoms with van der Waals surface area (Å²) in [6, 6.07) is 2.30. The summed E-state index contributed by atoms with van der Waals surface area (Å²) in [5.74, 6) is -0.953. The van der Waals surface area contributed by atoms with Crippen LogP contribution in [0.5, 0.6) is 0 Å². The molecule has 1 heterocycles. The van der Waals surface area contributed by atoms with E-state index in [0.29, 0.717) is 18.3 Å². The molecular weight excluding hydrogens is 242 g/mol. The summed E-state index contributed by atoms with van der Waals surface area (Å²) in [5, 5.41) is 12.3. The van der Waals surface area contributed by atoms with E-state index in [2.05, 4.69) is 36.1 Å². The molecule has 0 radical (unpaired) electrons. The van der Waals surface area contributed by atoms with Crippen molar-refractivity contribution in [1.29, 1.82) is 0 Å². The summed E-state index contributed by atoms with van der Waals surface area (Å²) in [5.41, 5.74) is 1.66. The Labute approximate surface area is 114 Å². The summed E-state index contributed by atoms with van der Waals surface area (Å²) in [6.45, 7) is 7.77. The fourth-order valence-electron chi connectivity index (χ4n) is 1.78. The number of aromatic nitrogens is 1. The molecular formula is C14H23N3O2. The second kappa shape index (κ2) is 7.09. The Morgan fingerprint density at radius 2 is 2.26 bits per heavy atom. The third-order valence-electron chi connectivity index (χ3n) is 3.39. The number of aryl methyl sites for hydroxylation is 1. The van der Waals surface area contributed by atoms with E-state index in [-0.39, 0.29) is 5.56 Å². The number of aromatic carboxylic acids is 1. The van der Waals surface area contributed by atoms with Crippen molar-refractivity contribution < 1.29 is 9.90 Å².